The van der Waals surface area contributed by atoms with Crippen LogP contribution in [0, 0.1) is 0 Å². The van der Waals surface area contributed by atoms with E-state index in [0.717, 1.165) is 23.3 Å². The van der Waals surface area contributed by atoms with Crippen LogP contribution in [0.1, 0.15) is 27.2 Å². The highest BCUT2D eigenvalue weighted by atomic mass is 32.2. The molecule has 1 aromatic rings. The number of hydrogen-bond donors (Lipinski definition) is 0. The van der Waals surface area contributed by atoms with Crippen LogP contribution in [0.2, 0.25) is 0 Å². The second-order valence-corrected chi connectivity index (χ2v) is 8.07. The van der Waals surface area contributed by atoms with Crippen molar-refractivity contribution < 1.29 is 13.2 Å². The largest absolute Gasteiger partial charge is 0.369 e. The maximum absolute atomic E-state index is 12.1. The fourth-order valence-corrected chi connectivity index (χ4v) is 4.38. The highest BCUT2D eigenvalue weighted by Crippen LogP contribution is 2.36. The fraction of sp³-hybridized carbons (Fsp3) is 0.385. The van der Waals surface area contributed by atoms with Crippen molar-refractivity contribution in [3.63, 3.8) is 0 Å². The lowest BCUT2D eigenvalue weighted by atomic mass is 10.00. The highest BCUT2D eigenvalue weighted by molar-refractivity contribution is 7.92. The van der Waals surface area contributed by atoms with Crippen LogP contribution in [0.15, 0.2) is 15.3 Å². The lowest BCUT2D eigenvalue weighted by Crippen LogP contribution is -2.10. The molecule has 0 bridgehead atoms. The van der Waals surface area contributed by atoms with E-state index in [-0.39, 0.29) is 10.1 Å². The first kappa shape index (κ1) is 14.9. The molecule has 7 heteroatoms. The quantitative estimate of drug-likeness (QED) is 0.631. The summed E-state index contributed by atoms with van der Waals surface area (Å²) in [6.07, 6.45) is 7.80. The predicted octanol–water partition coefficient (Wildman–Crippen LogP) is 1.84. The van der Waals surface area contributed by atoms with Gasteiger partial charge in [-0.15, -0.1) is 11.3 Å². The standard InChI is InChI=1S/C13H16N2O3S2/c1-15(2)8-14-12(16)11-9-6-4-5-7-10(9)13(19-11)20(3,17)18/h5,7-8H,4,6H2,1-3H3. The van der Waals surface area contributed by atoms with E-state index in [1.807, 2.05) is 6.08 Å². The van der Waals surface area contributed by atoms with E-state index in [2.05, 4.69) is 4.99 Å². The Morgan fingerprint density at radius 1 is 1.45 bits per heavy atom. The third-order valence-electron chi connectivity index (χ3n) is 2.80. The summed E-state index contributed by atoms with van der Waals surface area (Å²) >= 11 is 1.02. The summed E-state index contributed by atoms with van der Waals surface area (Å²) in [5.41, 5.74) is 1.46. The van der Waals surface area contributed by atoms with Gasteiger partial charge >= 0.3 is 0 Å². The van der Waals surface area contributed by atoms with Gasteiger partial charge in [0.15, 0.2) is 9.84 Å². The van der Waals surface area contributed by atoms with E-state index in [9.17, 15) is 13.2 Å². The number of hydrogen-bond acceptors (Lipinski definition) is 4. The Morgan fingerprint density at radius 3 is 2.75 bits per heavy atom. The molecule has 0 aliphatic heterocycles. The molecule has 0 radical (unpaired) electrons. The molecular formula is C13H16N2O3S2. The first-order valence-electron chi connectivity index (χ1n) is 6.08. The van der Waals surface area contributed by atoms with Crippen LogP contribution < -0.4 is 0 Å². The molecule has 0 aromatic carbocycles. The van der Waals surface area contributed by atoms with E-state index < -0.39 is 9.84 Å². The number of rotatable bonds is 3. The zero-order valence-electron chi connectivity index (χ0n) is 11.6. The SMILES string of the molecule is CN(C)C=NC(=O)c1sc(S(C)(=O)=O)c2c1CCC=C2. The number of nitrogens with zero attached hydrogens (tertiary/aromatic N) is 2. The summed E-state index contributed by atoms with van der Waals surface area (Å²) in [6.45, 7) is 0. The minimum atomic E-state index is -3.34. The smallest absolute Gasteiger partial charge is 0.288 e. The molecule has 1 heterocycles. The number of fused-ring (bicyclic) bond motifs is 1. The van der Waals surface area contributed by atoms with E-state index >= 15 is 0 Å². The minimum Gasteiger partial charge on any atom is -0.369 e. The summed E-state index contributed by atoms with van der Waals surface area (Å²) in [5, 5.41) is 0. The van der Waals surface area contributed by atoms with Crippen molar-refractivity contribution in [3.8, 4) is 0 Å². The van der Waals surface area contributed by atoms with Crippen LogP contribution in [-0.2, 0) is 16.3 Å². The lowest BCUT2D eigenvalue weighted by Gasteiger charge is -2.07. The van der Waals surface area contributed by atoms with Crippen molar-refractivity contribution in [1.82, 2.24) is 4.90 Å². The lowest BCUT2D eigenvalue weighted by molar-refractivity contribution is 0.101. The number of carbonyl (C=O) groups excluding carboxylic acids is 1. The summed E-state index contributed by atoms with van der Waals surface area (Å²) < 4.78 is 23.9. The average molecular weight is 312 g/mol. The third-order valence-corrected chi connectivity index (χ3v) is 5.88. The summed E-state index contributed by atoms with van der Waals surface area (Å²) in [6, 6.07) is 0. The van der Waals surface area contributed by atoms with E-state index in [0.29, 0.717) is 16.9 Å². The third kappa shape index (κ3) is 2.99. The average Bonchev–Trinajstić information content (AvgIpc) is 2.75. The Bertz CT molecular complexity index is 697. The predicted molar refractivity (Wildman–Crippen MR) is 81.3 cm³/mol. The van der Waals surface area contributed by atoms with Crippen molar-refractivity contribution in [1.29, 1.82) is 0 Å². The number of aliphatic imine (C=N–C) groups is 1. The van der Waals surface area contributed by atoms with Gasteiger partial charge in [0.05, 0.1) is 11.2 Å². The van der Waals surface area contributed by atoms with Gasteiger partial charge < -0.3 is 4.90 Å². The molecule has 0 unspecified atom stereocenters. The van der Waals surface area contributed by atoms with Crippen LogP contribution in [0.3, 0.4) is 0 Å². The highest BCUT2D eigenvalue weighted by Gasteiger charge is 2.26. The molecule has 0 atom stereocenters. The van der Waals surface area contributed by atoms with Crippen LogP contribution in [0.5, 0.6) is 0 Å². The number of sulfone groups is 1. The summed E-state index contributed by atoms with van der Waals surface area (Å²) in [7, 11) is 0.203. The molecule has 5 nitrogen and oxygen atoms in total. The second-order valence-electron chi connectivity index (χ2n) is 4.84. The van der Waals surface area contributed by atoms with E-state index in [1.165, 1.54) is 12.6 Å². The van der Waals surface area contributed by atoms with Gasteiger partial charge in [-0.2, -0.15) is 4.99 Å². The molecule has 1 aromatic heterocycles. The Morgan fingerprint density at radius 2 is 2.15 bits per heavy atom. The maximum atomic E-state index is 12.1. The minimum absolute atomic E-state index is 0.256. The molecule has 1 aliphatic carbocycles. The van der Waals surface area contributed by atoms with E-state index in [1.54, 1.807) is 25.1 Å². The van der Waals surface area contributed by atoms with Crippen molar-refractivity contribution in [2.75, 3.05) is 20.4 Å². The van der Waals surface area contributed by atoms with Gasteiger partial charge in [-0.05, 0) is 18.4 Å². The topological polar surface area (TPSA) is 66.8 Å². The van der Waals surface area contributed by atoms with Gasteiger partial charge in [0, 0.05) is 25.9 Å². The van der Waals surface area contributed by atoms with Crippen LogP contribution in [-0.4, -0.2) is 45.9 Å². The Hall–Kier alpha value is -1.47. The Balaban J connectivity index is 2.53. The van der Waals surface area contributed by atoms with Gasteiger partial charge in [0.25, 0.3) is 5.91 Å². The molecule has 0 saturated heterocycles. The molecule has 108 valence electrons. The van der Waals surface area contributed by atoms with Gasteiger partial charge in [0.1, 0.15) is 4.21 Å². The normalized spacial score (nSPS) is 14.6. The van der Waals surface area contributed by atoms with Crippen LogP contribution in [0.4, 0.5) is 0 Å². The van der Waals surface area contributed by atoms with Gasteiger partial charge in [0.2, 0.25) is 0 Å². The van der Waals surface area contributed by atoms with E-state index in [4.69, 9.17) is 0 Å². The first-order valence-corrected chi connectivity index (χ1v) is 8.78. The maximum Gasteiger partial charge on any atom is 0.288 e. The zero-order valence-corrected chi connectivity index (χ0v) is 13.2. The molecule has 0 fully saturated rings. The number of amides is 1. The summed E-state index contributed by atoms with van der Waals surface area (Å²) in [4.78, 5) is 18.1. The number of allylic oxidation sites excluding steroid dienone is 1. The molecular weight excluding hydrogens is 296 g/mol. The van der Waals surface area contributed by atoms with Crippen LogP contribution >= 0.6 is 11.3 Å². The fourth-order valence-electron chi connectivity index (χ4n) is 1.98. The molecule has 1 aliphatic rings. The molecule has 0 N–H and O–H groups in total. The first-order chi connectivity index (χ1) is 9.30. The van der Waals surface area contributed by atoms with Gasteiger partial charge in [-0.25, -0.2) is 8.42 Å². The molecule has 0 spiro atoms. The monoisotopic (exact) mass is 312 g/mol. The number of carbonyl (C=O) groups is 1. The van der Waals surface area contributed by atoms with Crippen molar-refractivity contribution in [3.05, 3.63) is 22.1 Å². The van der Waals surface area contributed by atoms with Crippen molar-refractivity contribution in [2.24, 2.45) is 4.99 Å². The van der Waals surface area contributed by atoms with Gasteiger partial charge in [-0.1, -0.05) is 12.2 Å². The molecule has 2 rings (SSSR count). The zero-order chi connectivity index (χ0) is 14.9. The van der Waals surface area contributed by atoms with Gasteiger partial charge in [-0.3, -0.25) is 4.79 Å². The Labute approximate surface area is 122 Å². The summed E-state index contributed by atoms with van der Waals surface area (Å²) in [5.74, 6) is -0.384. The van der Waals surface area contributed by atoms with Crippen LogP contribution in [0.25, 0.3) is 6.08 Å². The molecule has 1 amide bonds. The molecule has 20 heavy (non-hydrogen) atoms. The Kier molecular flexibility index (Phi) is 4.10. The number of thiophene rings is 1. The second kappa shape index (κ2) is 5.49. The molecule has 0 saturated carbocycles. The van der Waals surface area contributed by atoms with Crippen molar-refractivity contribution >= 4 is 39.5 Å². The van der Waals surface area contributed by atoms with Crippen molar-refractivity contribution in [2.45, 2.75) is 17.1 Å².